The highest BCUT2D eigenvalue weighted by Crippen LogP contribution is 2.26. The number of hydrogen-bond donors (Lipinski definition) is 1. The van der Waals surface area contributed by atoms with Gasteiger partial charge in [-0.1, -0.05) is 20.3 Å². The second-order valence-electron chi connectivity index (χ2n) is 5.65. The van der Waals surface area contributed by atoms with Crippen LogP contribution in [0.25, 0.3) is 0 Å². The quantitative estimate of drug-likeness (QED) is 0.849. The molecule has 0 saturated heterocycles. The Morgan fingerprint density at radius 2 is 2.32 bits per heavy atom. The molecule has 2 rings (SSSR count). The van der Waals surface area contributed by atoms with Crippen molar-refractivity contribution in [3.63, 3.8) is 0 Å². The number of nitrogens with zero attached hydrogens (tertiary/aromatic N) is 1. The second kappa shape index (κ2) is 6.13. The Bertz CT molecular complexity index is 439. The van der Waals surface area contributed by atoms with E-state index in [-0.39, 0.29) is 12.1 Å². The van der Waals surface area contributed by atoms with E-state index in [1.165, 1.54) is 6.42 Å². The Morgan fingerprint density at radius 1 is 1.53 bits per heavy atom. The number of esters is 1. The van der Waals surface area contributed by atoms with E-state index in [4.69, 9.17) is 10.5 Å². The number of rotatable bonds is 4. The van der Waals surface area contributed by atoms with Crippen molar-refractivity contribution in [2.45, 2.75) is 58.6 Å². The molecule has 2 atom stereocenters. The van der Waals surface area contributed by atoms with Crippen LogP contribution in [0.3, 0.4) is 0 Å². The fourth-order valence-corrected chi connectivity index (χ4v) is 2.83. The molecule has 1 aliphatic carbocycles. The number of nitrogen functional groups attached to an aromatic ring is 1. The number of anilines is 1. The number of nitrogens with two attached hydrogens (primary N) is 1. The summed E-state index contributed by atoms with van der Waals surface area (Å²) in [6.07, 6.45) is 7.21. The summed E-state index contributed by atoms with van der Waals surface area (Å²) in [6, 6.07) is 1.71. The fourth-order valence-electron chi connectivity index (χ4n) is 2.83. The lowest BCUT2D eigenvalue weighted by molar-refractivity contribution is 0.0143. The average molecular weight is 264 g/mol. The van der Waals surface area contributed by atoms with Gasteiger partial charge in [-0.05, 0) is 37.7 Å². The third-order valence-corrected chi connectivity index (χ3v) is 3.75. The van der Waals surface area contributed by atoms with E-state index in [1.54, 1.807) is 6.07 Å². The van der Waals surface area contributed by atoms with Gasteiger partial charge in [0.05, 0.1) is 5.69 Å². The largest absolute Gasteiger partial charge is 0.458 e. The van der Waals surface area contributed by atoms with Crippen molar-refractivity contribution in [1.29, 1.82) is 0 Å². The second-order valence-corrected chi connectivity index (χ2v) is 5.65. The predicted octanol–water partition coefficient (Wildman–Crippen LogP) is 3.22. The van der Waals surface area contributed by atoms with Crippen LogP contribution in [0.4, 0.5) is 5.69 Å². The molecule has 1 aliphatic rings. The monoisotopic (exact) mass is 264 g/mol. The number of hydrogen-bond acceptors (Lipinski definition) is 3. The van der Waals surface area contributed by atoms with Crippen molar-refractivity contribution < 1.29 is 9.53 Å². The summed E-state index contributed by atoms with van der Waals surface area (Å²) in [7, 11) is 0. The first-order chi connectivity index (χ1) is 9.10. The van der Waals surface area contributed by atoms with Crippen LogP contribution in [0.1, 0.15) is 56.4 Å². The average Bonchev–Trinajstić information content (AvgIpc) is 2.71. The molecule has 19 heavy (non-hydrogen) atoms. The van der Waals surface area contributed by atoms with E-state index in [0.29, 0.717) is 17.3 Å². The topological polar surface area (TPSA) is 57.2 Å². The van der Waals surface area contributed by atoms with Gasteiger partial charge >= 0.3 is 5.97 Å². The van der Waals surface area contributed by atoms with Gasteiger partial charge in [0.15, 0.2) is 0 Å². The van der Waals surface area contributed by atoms with Crippen LogP contribution in [0.5, 0.6) is 0 Å². The number of carbonyl (C=O) groups excluding carboxylic acids is 1. The molecule has 1 fully saturated rings. The minimum atomic E-state index is -0.232. The molecule has 0 spiro atoms. The van der Waals surface area contributed by atoms with Crippen LogP contribution < -0.4 is 5.73 Å². The zero-order chi connectivity index (χ0) is 13.8. The van der Waals surface area contributed by atoms with Gasteiger partial charge in [-0.25, -0.2) is 4.79 Å². The molecule has 4 nitrogen and oxygen atoms in total. The Hall–Kier alpha value is -1.45. The minimum absolute atomic E-state index is 0.0717. The van der Waals surface area contributed by atoms with E-state index < -0.39 is 0 Å². The van der Waals surface area contributed by atoms with Crippen molar-refractivity contribution in [1.82, 2.24) is 4.57 Å². The lowest BCUT2D eigenvalue weighted by Crippen LogP contribution is -2.25. The molecular formula is C15H24N2O2. The summed E-state index contributed by atoms with van der Waals surface area (Å²) in [4.78, 5) is 12.2. The summed E-state index contributed by atoms with van der Waals surface area (Å²) in [5.74, 6) is 0.420. The van der Waals surface area contributed by atoms with Crippen LogP contribution in [0, 0.1) is 5.92 Å². The molecule has 1 heterocycles. The Morgan fingerprint density at radius 3 is 3.00 bits per heavy atom. The molecular weight excluding hydrogens is 240 g/mol. The van der Waals surface area contributed by atoms with Crippen molar-refractivity contribution in [2.75, 3.05) is 5.73 Å². The molecule has 0 amide bonds. The SMILES string of the molecule is CCCn1cc(N)cc1C(=O)OC1CCCC(C)C1. The Kier molecular flexibility index (Phi) is 4.51. The number of aryl methyl sites for hydroxylation is 1. The van der Waals surface area contributed by atoms with Crippen LogP contribution >= 0.6 is 0 Å². The summed E-state index contributed by atoms with van der Waals surface area (Å²) in [5, 5.41) is 0. The maximum Gasteiger partial charge on any atom is 0.355 e. The molecule has 106 valence electrons. The van der Waals surface area contributed by atoms with Gasteiger partial charge in [0.1, 0.15) is 11.8 Å². The molecule has 0 bridgehead atoms. The molecule has 2 N–H and O–H groups in total. The van der Waals surface area contributed by atoms with Crippen molar-refractivity contribution in [3.05, 3.63) is 18.0 Å². The highest BCUT2D eigenvalue weighted by Gasteiger charge is 2.24. The van der Waals surface area contributed by atoms with E-state index in [9.17, 15) is 4.79 Å². The van der Waals surface area contributed by atoms with Gasteiger partial charge in [-0.15, -0.1) is 0 Å². The molecule has 4 heteroatoms. The summed E-state index contributed by atoms with van der Waals surface area (Å²) in [6.45, 7) is 5.09. The van der Waals surface area contributed by atoms with E-state index in [2.05, 4.69) is 13.8 Å². The summed E-state index contributed by atoms with van der Waals surface area (Å²) >= 11 is 0. The zero-order valence-electron chi connectivity index (χ0n) is 11.9. The van der Waals surface area contributed by atoms with Crippen molar-refractivity contribution in [3.8, 4) is 0 Å². The highest BCUT2D eigenvalue weighted by molar-refractivity contribution is 5.89. The van der Waals surface area contributed by atoms with E-state index in [0.717, 1.165) is 32.2 Å². The van der Waals surface area contributed by atoms with Crippen LogP contribution in [0.15, 0.2) is 12.3 Å². The fraction of sp³-hybridized carbons (Fsp3) is 0.667. The third-order valence-electron chi connectivity index (χ3n) is 3.75. The maximum atomic E-state index is 12.2. The molecule has 1 saturated carbocycles. The Balaban J connectivity index is 2.02. The van der Waals surface area contributed by atoms with Crippen molar-refractivity contribution >= 4 is 11.7 Å². The molecule has 1 aromatic heterocycles. The van der Waals surface area contributed by atoms with Crippen molar-refractivity contribution in [2.24, 2.45) is 5.92 Å². The predicted molar refractivity (Wildman–Crippen MR) is 76.0 cm³/mol. The van der Waals surface area contributed by atoms with E-state index >= 15 is 0 Å². The van der Waals surface area contributed by atoms with Gasteiger partial charge in [-0.2, -0.15) is 0 Å². The smallest absolute Gasteiger partial charge is 0.355 e. The standard InChI is InChI=1S/C15H24N2O2/c1-3-7-17-10-12(16)9-14(17)15(18)19-13-6-4-5-11(2)8-13/h9-11,13H,3-8,16H2,1-2H3. The first-order valence-corrected chi connectivity index (χ1v) is 7.26. The van der Waals surface area contributed by atoms with Gasteiger partial charge in [-0.3, -0.25) is 0 Å². The number of carbonyl (C=O) groups is 1. The summed E-state index contributed by atoms with van der Waals surface area (Å²) in [5.41, 5.74) is 6.98. The lowest BCUT2D eigenvalue weighted by atomic mass is 9.89. The third kappa shape index (κ3) is 3.52. The summed E-state index contributed by atoms with van der Waals surface area (Å²) < 4.78 is 7.53. The highest BCUT2D eigenvalue weighted by atomic mass is 16.5. The lowest BCUT2D eigenvalue weighted by Gasteiger charge is -2.26. The van der Waals surface area contributed by atoms with Gasteiger partial charge in [0, 0.05) is 12.7 Å². The first-order valence-electron chi connectivity index (χ1n) is 7.26. The molecule has 0 aromatic carbocycles. The van der Waals surface area contributed by atoms with Gasteiger partial charge in [0.25, 0.3) is 0 Å². The number of aromatic nitrogens is 1. The van der Waals surface area contributed by atoms with Gasteiger partial charge < -0.3 is 15.0 Å². The zero-order valence-corrected chi connectivity index (χ0v) is 11.9. The van der Waals surface area contributed by atoms with Crippen LogP contribution in [-0.4, -0.2) is 16.6 Å². The van der Waals surface area contributed by atoms with Crippen LogP contribution in [-0.2, 0) is 11.3 Å². The number of ether oxygens (including phenoxy) is 1. The molecule has 1 aromatic rings. The van der Waals surface area contributed by atoms with Gasteiger partial charge in [0.2, 0.25) is 0 Å². The molecule has 2 unspecified atom stereocenters. The van der Waals surface area contributed by atoms with Crippen LogP contribution in [0.2, 0.25) is 0 Å². The maximum absolute atomic E-state index is 12.2. The molecule has 0 radical (unpaired) electrons. The van der Waals surface area contributed by atoms with E-state index in [1.807, 2.05) is 10.8 Å². The Labute approximate surface area is 114 Å². The minimum Gasteiger partial charge on any atom is -0.458 e. The molecule has 0 aliphatic heterocycles. The first kappa shape index (κ1) is 14.0. The normalized spacial score (nSPS) is 23.3.